The number of hydrogen-bond donors (Lipinski definition) is 1. The van der Waals surface area contributed by atoms with Crippen LogP contribution in [0.5, 0.6) is 0 Å². The standard InChI is InChI=1S/C18H25FN2O/c1-13-12-21(2)10-7-16(13)20-17(22)18(8-9-18)11-14-3-5-15(19)6-4-14/h3-6,13,16H,7-12H2,1-2H3,(H,20,22)/t13-,16-/m0/s1. The molecule has 1 saturated heterocycles. The fourth-order valence-corrected chi connectivity index (χ4v) is 3.52. The average Bonchev–Trinajstić information content (AvgIpc) is 3.25. The van der Waals surface area contributed by atoms with E-state index < -0.39 is 0 Å². The average molecular weight is 304 g/mol. The SMILES string of the molecule is C[C@H]1CN(C)CC[C@@H]1NC(=O)C1(Cc2ccc(F)cc2)CC1. The summed E-state index contributed by atoms with van der Waals surface area (Å²) in [5.74, 6) is 0.459. The number of carbonyl (C=O) groups is 1. The van der Waals surface area contributed by atoms with Gasteiger partial charge in [0.2, 0.25) is 5.91 Å². The largest absolute Gasteiger partial charge is 0.353 e. The zero-order valence-electron chi connectivity index (χ0n) is 13.4. The van der Waals surface area contributed by atoms with Gasteiger partial charge in [0.15, 0.2) is 0 Å². The third-order valence-electron chi connectivity index (χ3n) is 5.22. The molecule has 2 atom stereocenters. The summed E-state index contributed by atoms with van der Waals surface area (Å²) in [4.78, 5) is 15.0. The molecule has 0 spiro atoms. The summed E-state index contributed by atoms with van der Waals surface area (Å²) < 4.78 is 13.0. The number of benzene rings is 1. The van der Waals surface area contributed by atoms with E-state index in [1.807, 2.05) is 0 Å². The maximum absolute atomic E-state index is 13.0. The van der Waals surface area contributed by atoms with E-state index in [4.69, 9.17) is 0 Å². The highest BCUT2D eigenvalue weighted by Crippen LogP contribution is 2.48. The molecule has 1 aliphatic heterocycles. The minimum absolute atomic E-state index is 0.193. The van der Waals surface area contributed by atoms with Gasteiger partial charge in [-0.1, -0.05) is 19.1 Å². The molecule has 22 heavy (non-hydrogen) atoms. The summed E-state index contributed by atoms with van der Waals surface area (Å²) in [7, 11) is 2.13. The molecule has 0 unspecified atom stereocenters. The van der Waals surface area contributed by atoms with Crippen LogP contribution >= 0.6 is 0 Å². The van der Waals surface area contributed by atoms with E-state index in [0.717, 1.165) is 44.3 Å². The number of piperidine rings is 1. The summed E-state index contributed by atoms with van der Waals surface area (Å²) >= 11 is 0. The van der Waals surface area contributed by atoms with E-state index in [9.17, 15) is 9.18 Å². The Bertz CT molecular complexity index is 539. The maximum atomic E-state index is 13.0. The van der Waals surface area contributed by atoms with Gasteiger partial charge >= 0.3 is 0 Å². The first-order valence-corrected chi connectivity index (χ1v) is 8.22. The number of nitrogens with one attached hydrogen (secondary N) is 1. The molecule has 3 nitrogen and oxygen atoms in total. The first-order valence-electron chi connectivity index (χ1n) is 8.22. The molecule has 0 radical (unpaired) electrons. The van der Waals surface area contributed by atoms with E-state index in [1.54, 1.807) is 12.1 Å². The van der Waals surface area contributed by atoms with Gasteiger partial charge in [0.25, 0.3) is 0 Å². The number of carbonyl (C=O) groups excluding carboxylic acids is 1. The van der Waals surface area contributed by atoms with E-state index in [0.29, 0.717) is 5.92 Å². The lowest BCUT2D eigenvalue weighted by molar-refractivity contribution is -0.127. The molecule has 2 aliphatic rings. The van der Waals surface area contributed by atoms with Crippen LogP contribution in [0.4, 0.5) is 4.39 Å². The third kappa shape index (κ3) is 3.32. The summed E-state index contributed by atoms with van der Waals surface area (Å²) in [6.45, 7) is 4.29. The lowest BCUT2D eigenvalue weighted by Gasteiger charge is -2.36. The molecule has 1 aliphatic carbocycles. The van der Waals surface area contributed by atoms with Crippen LogP contribution in [0.15, 0.2) is 24.3 Å². The Hall–Kier alpha value is -1.42. The fourth-order valence-electron chi connectivity index (χ4n) is 3.52. The molecule has 2 fully saturated rings. The van der Waals surface area contributed by atoms with E-state index in [1.165, 1.54) is 12.1 Å². The molecule has 1 heterocycles. The van der Waals surface area contributed by atoms with Gasteiger partial charge in [-0.05, 0) is 62.9 Å². The van der Waals surface area contributed by atoms with Gasteiger partial charge < -0.3 is 10.2 Å². The molecule has 1 saturated carbocycles. The second-order valence-corrected chi connectivity index (χ2v) is 7.19. The number of amides is 1. The Kier molecular flexibility index (Phi) is 4.22. The zero-order valence-corrected chi connectivity index (χ0v) is 13.4. The summed E-state index contributed by atoms with van der Waals surface area (Å²) in [6, 6.07) is 6.82. The van der Waals surface area contributed by atoms with Crippen LogP contribution < -0.4 is 5.32 Å². The molecular formula is C18H25FN2O. The second-order valence-electron chi connectivity index (χ2n) is 7.19. The number of rotatable bonds is 4. The van der Waals surface area contributed by atoms with Gasteiger partial charge in [0.05, 0.1) is 5.41 Å². The van der Waals surface area contributed by atoms with Crippen molar-refractivity contribution in [1.82, 2.24) is 10.2 Å². The summed E-state index contributed by atoms with van der Waals surface area (Å²) in [5.41, 5.74) is 0.798. The maximum Gasteiger partial charge on any atom is 0.226 e. The van der Waals surface area contributed by atoms with Crippen LogP contribution in [0, 0.1) is 17.2 Å². The Morgan fingerprint density at radius 3 is 2.64 bits per heavy atom. The van der Waals surface area contributed by atoms with Crippen LogP contribution in [-0.2, 0) is 11.2 Å². The predicted molar refractivity (Wildman–Crippen MR) is 85.0 cm³/mol. The highest BCUT2D eigenvalue weighted by atomic mass is 19.1. The van der Waals surface area contributed by atoms with Gasteiger partial charge in [-0.2, -0.15) is 0 Å². The third-order valence-corrected chi connectivity index (χ3v) is 5.22. The van der Waals surface area contributed by atoms with Crippen LogP contribution in [0.2, 0.25) is 0 Å². The lowest BCUT2D eigenvalue weighted by Crippen LogP contribution is -2.50. The van der Waals surface area contributed by atoms with Crippen molar-refractivity contribution in [1.29, 1.82) is 0 Å². The number of nitrogens with zero attached hydrogens (tertiary/aromatic N) is 1. The van der Waals surface area contributed by atoms with E-state index in [-0.39, 0.29) is 23.2 Å². The number of likely N-dealkylation sites (tertiary alicyclic amines) is 1. The van der Waals surface area contributed by atoms with Crippen LogP contribution in [0.1, 0.15) is 31.7 Å². The molecule has 0 aromatic heterocycles. The van der Waals surface area contributed by atoms with Crippen LogP contribution in [-0.4, -0.2) is 37.0 Å². The van der Waals surface area contributed by atoms with Gasteiger partial charge in [-0.3, -0.25) is 4.79 Å². The van der Waals surface area contributed by atoms with Crippen molar-refractivity contribution in [3.63, 3.8) is 0 Å². The number of halogens is 1. The predicted octanol–water partition coefficient (Wildman–Crippen LogP) is 2.60. The Balaban J connectivity index is 1.60. The molecule has 3 rings (SSSR count). The quantitative estimate of drug-likeness (QED) is 0.927. The molecule has 0 bridgehead atoms. The minimum Gasteiger partial charge on any atom is -0.353 e. The van der Waals surface area contributed by atoms with Crippen LogP contribution in [0.25, 0.3) is 0 Å². The van der Waals surface area contributed by atoms with Crippen molar-refractivity contribution >= 4 is 5.91 Å². The van der Waals surface area contributed by atoms with E-state index in [2.05, 4.69) is 24.2 Å². The summed E-state index contributed by atoms with van der Waals surface area (Å²) in [5, 5.41) is 3.28. The zero-order chi connectivity index (χ0) is 15.7. The first kappa shape index (κ1) is 15.5. The molecular weight excluding hydrogens is 279 g/mol. The summed E-state index contributed by atoms with van der Waals surface area (Å²) in [6.07, 6.45) is 3.63. The lowest BCUT2D eigenvalue weighted by atomic mass is 9.91. The molecule has 120 valence electrons. The van der Waals surface area contributed by atoms with Crippen molar-refractivity contribution < 1.29 is 9.18 Å². The molecule has 1 amide bonds. The van der Waals surface area contributed by atoms with E-state index >= 15 is 0 Å². The fraction of sp³-hybridized carbons (Fsp3) is 0.611. The first-order chi connectivity index (χ1) is 10.5. The monoisotopic (exact) mass is 304 g/mol. The van der Waals surface area contributed by atoms with Gasteiger partial charge in [0.1, 0.15) is 5.82 Å². The Morgan fingerprint density at radius 2 is 2.05 bits per heavy atom. The second kappa shape index (κ2) is 5.99. The highest BCUT2D eigenvalue weighted by Gasteiger charge is 2.50. The minimum atomic E-state index is -0.249. The van der Waals surface area contributed by atoms with Crippen molar-refractivity contribution in [2.75, 3.05) is 20.1 Å². The molecule has 1 N–H and O–H groups in total. The van der Waals surface area contributed by atoms with Gasteiger partial charge in [-0.25, -0.2) is 4.39 Å². The van der Waals surface area contributed by atoms with Gasteiger partial charge in [-0.15, -0.1) is 0 Å². The van der Waals surface area contributed by atoms with Crippen LogP contribution in [0.3, 0.4) is 0 Å². The normalized spacial score (nSPS) is 27.4. The Labute approximate surface area is 131 Å². The molecule has 1 aromatic rings. The smallest absolute Gasteiger partial charge is 0.226 e. The van der Waals surface area contributed by atoms with Crippen molar-refractivity contribution in [2.45, 2.75) is 38.6 Å². The van der Waals surface area contributed by atoms with Crippen molar-refractivity contribution in [2.24, 2.45) is 11.3 Å². The topological polar surface area (TPSA) is 32.3 Å². The Morgan fingerprint density at radius 1 is 1.36 bits per heavy atom. The molecule has 1 aromatic carbocycles. The van der Waals surface area contributed by atoms with Gasteiger partial charge in [0, 0.05) is 12.6 Å². The van der Waals surface area contributed by atoms with Crippen molar-refractivity contribution in [3.05, 3.63) is 35.6 Å². The van der Waals surface area contributed by atoms with Crippen molar-refractivity contribution in [3.8, 4) is 0 Å². The number of hydrogen-bond acceptors (Lipinski definition) is 2. The highest BCUT2D eigenvalue weighted by molar-refractivity contribution is 5.85. The molecule has 4 heteroatoms.